The Hall–Kier alpha value is 0.860. The molecular formula is C7H16P2. The minimum absolute atomic E-state index is 0.471. The van der Waals surface area contributed by atoms with Gasteiger partial charge in [-0.3, -0.25) is 0 Å². The predicted molar refractivity (Wildman–Crippen MR) is 49.5 cm³/mol. The lowest BCUT2D eigenvalue weighted by atomic mass is 10.4. The van der Waals surface area contributed by atoms with Crippen LogP contribution in [0.3, 0.4) is 0 Å². The van der Waals surface area contributed by atoms with Crippen LogP contribution in [0, 0.1) is 0 Å². The van der Waals surface area contributed by atoms with Gasteiger partial charge in [-0.2, -0.15) is 0 Å². The highest BCUT2D eigenvalue weighted by Crippen LogP contribution is 2.49. The second-order valence-electron chi connectivity index (χ2n) is 3.01. The van der Waals surface area contributed by atoms with Gasteiger partial charge in [0.1, 0.15) is 0 Å². The number of hydrogen-bond donors (Lipinski definition) is 0. The van der Waals surface area contributed by atoms with Gasteiger partial charge in [0.25, 0.3) is 0 Å². The van der Waals surface area contributed by atoms with Crippen LogP contribution in [0.15, 0.2) is 0 Å². The average molecular weight is 162 g/mol. The molecule has 0 radical (unpaired) electrons. The largest absolute Gasteiger partial charge is 0.106 e. The van der Waals surface area contributed by atoms with E-state index in [2.05, 4.69) is 13.3 Å². The van der Waals surface area contributed by atoms with Crippen molar-refractivity contribution in [1.82, 2.24) is 0 Å². The Morgan fingerprint density at radius 3 is 1.78 bits per heavy atom. The van der Waals surface area contributed by atoms with E-state index in [0.29, 0.717) is 15.8 Å². The molecule has 0 N–H and O–H groups in total. The van der Waals surface area contributed by atoms with Crippen LogP contribution in [0.2, 0.25) is 0 Å². The van der Waals surface area contributed by atoms with Gasteiger partial charge < -0.3 is 0 Å². The molecule has 1 aliphatic heterocycles. The Balaban J connectivity index is 2.29. The summed E-state index contributed by atoms with van der Waals surface area (Å²) in [5.41, 5.74) is 0. The third kappa shape index (κ3) is 2.96. The molecule has 54 valence electrons. The van der Waals surface area contributed by atoms with Gasteiger partial charge in [-0.05, 0) is 44.4 Å². The Bertz CT molecular complexity index is 73.0. The van der Waals surface area contributed by atoms with E-state index < -0.39 is 0 Å². The summed E-state index contributed by atoms with van der Waals surface area (Å²) < 4.78 is 0. The van der Waals surface area contributed by atoms with E-state index in [-0.39, 0.29) is 0 Å². The zero-order valence-corrected chi connectivity index (χ0v) is 8.22. The van der Waals surface area contributed by atoms with Gasteiger partial charge in [-0.15, -0.1) is 15.8 Å². The van der Waals surface area contributed by atoms with Crippen molar-refractivity contribution < 1.29 is 0 Å². The molecule has 0 saturated carbocycles. The van der Waals surface area contributed by atoms with E-state index in [0.717, 1.165) is 0 Å². The normalized spacial score (nSPS) is 38.0. The van der Waals surface area contributed by atoms with Crippen molar-refractivity contribution in [2.75, 3.05) is 31.6 Å². The molecule has 0 aromatic heterocycles. The lowest BCUT2D eigenvalue weighted by molar-refractivity contribution is 0.904. The fourth-order valence-electron chi connectivity index (χ4n) is 1.32. The zero-order chi connectivity index (χ0) is 6.69. The lowest BCUT2D eigenvalue weighted by Gasteiger charge is -2.11. The maximum Gasteiger partial charge on any atom is -0.0125 e. The molecular weight excluding hydrogens is 146 g/mol. The van der Waals surface area contributed by atoms with Gasteiger partial charge in [0.05, 0.1) is 0 Å². The Labute approximate surface area is 60.9 Å². The lowest BCUT2D eigenvalue weighted by Crippen LogP contribution is -1.80. The fraction of sp³-hybridized carbons (Fsp3) is 1.00. The van der Waals surface area contributed by atoms with E-state index in [9.17, 15) is 0 Å². The molecule has 2 unspecified atom stereocenters. The van der Waals surface area contributed by atoms with Crippen LogP contribution < -0.4 is 0 Å². The quantitative estimate of drug-likeness (QED) is 0.480. The van der Waals surface area contributed by atoms with Crippen LogP contribution in [0.1, 0.15) is 12.8 Å². The molecule has 1 heterocycles. The summed E-state index contributed by atoms with van der Waals surface area (Å²) >= 11 is 0. The standard InChI is InChI=1S/C7H16P2/c1-8-5-3-4-6-9(2)7-8/h3-7H2,1-2H3. The van der Waals surface area contributed by atoms with Crippen LogP contribution in [0.25, 0.3) is 0 Å². The highest BCUT2D eigenvalue weighted by molar-refractivity contribution is 7.74. The summed E-state index contributed by atoms with van der Waals surface area (Å²) in [5, 5.41) is 0. The van der Waals surface area contributed by atoms with Crippen LogP contribution in [-0.2, 0) is 0 Å². The molecule has 9 heavy (non-hydrogen) atoms. The first-order chi connectivity index (χ1) is 4.29. The molecule has 1 fully saturated rings. The zero-order valence-electron chi connectivity index (χ0n) is 6.43. The molecule has 0 aromatic rings. The van der Waals surface area contributed by atoms with Crippen molar-refractivity contribution in [2.24, 2.45) is 0 Å². The number of rotatable bonds is 0. The van der Waals surface area contributed by atoms with Gasteiger partial charge in [0, 0.05) is 0 Å². The minimum Gasteiger partial charge on any atom is -0.106 e. The molecule has 2 heteroatoms. The first kappa shape index (κ1) is 7.96. The van der Waals surface area contributed by atoms with Crippen LogP contribution in [-0.4, -0.2) is 31.6 Å². The summed E-state index contributed by atoms with van der Waals surface area (Å²) in [7, 11) is 0.942. The summed E-state index contributed by atoms with van der Waals surface area (Å²) in [6.45, 7) is 4.94. The van der Waals surface area contributed by atoms with Gasteiger partial charge in [-0.25, -0.2) is 0 Å². The molecule has 0 aromatic carbocycles. The van der Waals surface area contributed by atoms with Crippen molar-refractivity contribution >= 4 is 15.8 Å². The fourth-order valence-corrected chi connectivity index (χ4v) is 7.27. The molecule has 0 bridgehead atoms. The number of hydrogen-bond acceptors (Lipinski definition) is 0. The molecule has 0 aliphatic carbocycles. The van der Waals surface area contributed by atoms with Gasteiger partial charge in [0.2, 0.25) is 0 Å². The highest BCUT2D eigenvalue weighted by atomic mass is 31.2. The molecule has 0 spiro atoms. The van der Waals surface area contributed by atoms with Crippen LogP contribution in [0.5, 0.6) is 0 Å². The van der Waals surface area contributed by atoms with Crippen molar-refractivity contribution in [3.8, 4) is 0 Å². The second kappa shape index (κ2) is 3.89. The topological polar surface area (TPSA) is 0 Å². The van der Waals surface area contributed by atoms with Crippen molar-refractivity contribution in [3.63, 3.8) is 0 Å². The molecule has 1 saturated heterocycles. The van der Waals surface area contributed by atoms with E-state index >= 15 is 0 Å². The van der Waals surface area contributed by atoms with Gasteiger partial charge in [0.15, 0.2) is 0 Å². The van der Waals surface area contributed by atoms with Crippen molar-refractivity contribution in [2.45, 2.75) is 12.8 Å². The van der Waals surface area contributed by atoms with Crippen LogP contribution >= 0.6 is 15.8 Å². The monoisotopic (exact) mass is 162 g/mol. The third-order valence-corrected chi connectivity index (χ3v) is 7.83. The molecule has 0 nitrogen and oxygen atoms in total. The molecule has 1 rings (SSSR count). The summed E-state index contributed by atoms with van der Waals surface area (Å²) in [6.07, 6.45) is 6.16. The van der Waals surface area contributed by atoms with Gasteiger partial charge >= 0.3 is 0 Å². The Morgan fingerprint density at radius 1 is 0.889 bits per heavy atom. The maximum absolute atomic E-state index is 2.47. The van der Waals surface area contributed by atoms with E-state index in [1.165, 1.54) is 12.8 Å². The first-order valence-electron chi connectivity index (χ1n) is 3.66. The minimum atomic E-state index is 0.471. The maximum atomic E-state index is 2.47. The van der Waals surface area contributed by atoms with E-state index in [4.69, 9.17) is 0 Å². The summed E-state index contributed by atoms with van der Waals surface area (Å²) in [6, 6.07) is 0. The molecule has 1 aliphatic rings. The SMILES string of the molecule is CP1CCCCP(C)C1. The van der Waals surface area contributed by atoms with Crippen LogP contribution in [0.4, 0.5) is 0 Å². The first-order valence-corrected chi connectivity index (χ1v) is 7.98. The van der Waals surface area contributed by atoms with Gasteiger partial charge in [-0.1, -0.05) is 0 Å². The third-order valence-electron chi connectivity index (χ3n) is 1.81. The summed E-state index contributed by atoms with van der Waals surface area (Å²) in [5.74, 6) is 1.60. The van der Waals surface area contributed by atoms with Crippen molar-refractivity contribution in [1.29, 1.82) is 0 Å². The van der Waals surface area contributed by atoms with E-state index in [1.807, 2.05) is 0 Å². The predicted octanol–water partition coefficient (Wildman–Crippen LogP) is 2.96. The second-order valence-corrected chi connectivity index (χ2v) is 8.46. The summed E-state index contributed by atoms with van der Waals surface area (Å²) in [4.78, 5) is 0. The highest BCUT2D eigenvalue weighted by Gasteiger charge is 2.11. The van der Waals surface area contributed by atoms with Crippen molar-refractivity contribution in [3.05, 3.63) is 0 Å². The smallest absolute Gasteiger partial charge is 0.0125 e. The molecule has 0 amide bonds. The average Bonchev–Trinajstić information content (AvgIpc) is 1.93. The Kier molecular flexibility index (Phi) is 3.44. The van der Waals surface area contributed by atoms with E-state index in [1.54, 1.807) is 18.2 Å². The molecule has 2 atom stereocenters. The Morgan fingerprint density at radius 2 is 1.33 bits per heavy atom.